The van der Waals surface area contributed by atoms with Crippen molar-refractivity contribution in [1.29, 1.82) is 0 Å². The minimum atomic E-state index is -4.40. The topological polar surface area (TPSA) is 72.8 Å². The van der Waals surface area contributed by atoms with Crippen molar-refractivity contribution in [2.24, 2.45) is 0 Å². The summed E-state index contributed by atoms with van der Waals surface area (Å²) in [6.07, 6.45) is 1.81. The zero-order chi connectivity index (χ0) is 24.0. The Hall–Kier alpha value is -3.63. The number of rotatable bonds is 8. The summed E-state index contributed by atoms with van der Waals surface area (Å²) in [5, 5.41) is 0.572. The van der Waals surface area contributed by atoms with E-state index in [0.29, 0.717) is 16.2 Å². The highest BCUT2D eigenvalue weighted by Crippen LogP contribution is 2.44. The van der Waals surface area contributed by atoms with E-state index in [1.165, 1.54) is 24.3 Å². The van der Waals surface area contributed by atoms with Crippen molar-refractivity contribution in [2.75, 3.05) is 0 Å². The van der Waals surface area contributed by atoms with Gasteiger partial charge in [0.2, 0.25) is 0 Å². The number of ketones is 1. The maximum absolute atomic E-state index is 13.4. The molecule has 0 bridgehead atoms. The van der Waals surface area contributed by atoms with Gasteiger partial charge < -0.3 is 9.05 Å². The first-order chi connectivity index (χ1) is 16.4. The fourth-order valence-electron chi connectivity index (χ4n) is 3.21. The molecule has 0 spiro atoms. The number of hydrogen-bond acceptors (Lipinski definition) is 4. The molecule has 34 heavy (non-hydrogen) atoms. The number of benzene rings is 4. The quantitative estimate of drug-likeness (QED) is 0.121. The summed E-state index contributed by atoms with van der Waals surface area (Å²) in [6, 6.07) is 30.7. The van der Waals surface area contributed by atoms with Gasteiger partial charge in [0, 0.05) is 16.2 Å². The van der Waals surface area contributed by atoms with Gasteiger partial charge in [-0.05, 0) is 65.7 Å². The summed E-state index contributed by atoms with van der Waals surface area (Å²) in [6.45, 7) is 0. The first kappa shape index (κ1) is 23.5. The van der Waals surface area contributed by atoms with Gasteiger partial charge in [0.15, 0.2) is 5.78 Å². The van der Waals surface area contributed by atoms with E-state index in [9.17, 15) is 14.3 Å². The number of carbonyl (C=O) groups excluding carboxylic acids is 1. The monoisotopic (exact) mass is 490 g/mol. The third-order valence-corrected chi connectivity index (χ3v) is 5.95. The number of Topliss-reactive ketones (excluding diaryl/α,β-unsaturated/α-hetero) is 1. The smallest absolute Gasteiger partial charge is 0.395 e. The molecule has 0 amide bonds. The molecule has 0 aliphatic carbocycles. The van der Waals surface area contributed by atoms with Crippen LogP contribution in [0.4, 0.5) is 0 Å². The van der Waals surface area contributed by atoms with Crippen LogP contribution in [0, 0.1) is 0 Å². The molecule has 170 valence electrons. The third-order valence-electron chi connectivity index (χ3n) is 4.81. The minimum Gasteiger partial charge on any atom is -0.395 e. The van der Waals surface area contributed by atoms with Gasteiger partial charge in [-0.25, -0.2) is 4.57 Å². The van der Waals surface area contributed by atoms with E-state index in [0.717, 1.165) is 11.1 Å². The average molecular weight is 491 g/mol. The first-order valence-electron chi connectivity index (χ1n) is 10.3. The average Bonchev–Trinajstić information content (AvgIpc) is 2.84. The molecule has 0 aliphatic heterocycles. The molecule has 4 aromatic carbocycles. The molecule has 4 aromatic rings. The van der Waals surface area contributed by atoms with Crippen LogP contribution in [0.5, 0.6) is 11.5 Å². The molecule has 0 fully saturated rings. The van der Waals surface area contributed by atoms with Crippen molar-refractivity contribution < 1.29 is 23.3 Å². The van der Waals surface area contributed by atoms with E-state index in [1.807, 2.05) is 36.4 Å². The van der Waals surface area contributed by atoms with Crippen LogP contribution < -0.4 is 9.05 Å². The molecule has 0 aliphatic rings. The van der Waals surface area contributed by atoms with Gasteiger partial charge in [-0.2, -0.15) is 0 Å². The molecule has 5 nitrogen and oxygen atoms in total. The number of carbonyl (C=O) groups is 1. The molecule has 1 atom stereocenters. The number of phosphoric acid groups is 1. The highest BCUT2D eigenvalue weighted by Gasteiger charge is 2.25. The van der Waals surface area contributed by atoms with Gasteiger partial charge in [0.1, 0.15) is 11.5 Å². The minimum absolute atomic E-state index is 0.0957. The molecule has 0 radical (unpaired) electrons. The Balaban J connectivity index is 1.57. The van der Waals surface area contributed by atoms with Crippen molar-refractivity contribution in [1.82, 2.24) is 0 Å². The Bertz CT molecular complexity index is 1340. The van der Waals surface area contributed by atoms with E-state index >= 15 is 0 Å². The summed E-state index contributed by atoms with van der Waals surface area (Å²) in [5.41, 5.74) is 2.47. The van der Waals surface area contributed by atoms with E-state index < -0.39 is 7.82 Å². The van der Waals surface area contributed by atoms with Gasteiger partial charge >= 0.3 is 7.82 Å². The second-order valence-electron chi connectivity index (χ2n) is 7.29. The number of halogens is 1. The van der Waals surface area contributed by atoms with Crippen LogP contribution in [0.2, 0.25) is 5.02 Å². The second kappa shape index (κ2) is 10.5. The summed E-state index contributed by atoms with van der Waals surface area (Å²) in [5.74, 6) is 0.0858. The summed E-state index contributed by atoms with van der Waals surface area (Å²) in [4.78, 5) is 23.4. The van der Waals surface area contributed by atoms with Crippen LogP contribution in [-0.4, -0.2) is 10.7 Å². The predicted octanol–water partition coefficient (Wildman–Crippen LogP) is 7.32. The van der Waals surface area contributed by atoms with Crippen LogP contribution in [0.3, 0.4) is 0 Å². The van der Waals surface area contributed by atoms with Crippen LogP contribution in [-0.2, 0) is 4.57 Å². The van der Waals surface area contributed by atoms with Crippen molar-refractivity contribution in [3.63, 3.8) is 0 Å². The lowest BCUT2D eigenvalue weighted by Crippen LogP contribution is -2.04. The summed E-state index contributed by atoms with van der Waals surface area (Å²) >= 11 is 6.02. The van der Waals surface area contributed by atoms with Gasteiger partial charge in [0.05, 0.1) is 0 Å². The van der Waals surface area contributed by atoms with E-state index in [2.05, 4.69) is 0 Å². The number of phosphoric ester groups is 1. The normalized spacial score (nSPS) is 13.1. The maximum atomic E-state index is 13.4. The largest absolute Gasteiger partial charge is 0.584 e. The Labute approximate surface area is 202 Å². The fraction of sp³-hybridized carbons (Fsp3) is 0. The van der Waals surface area contributed by atoms with Crippen molar-refractivity contribution >= 4 is 36.9 Å². The maximum Gasteiger partial charge on any atom is 0.584 e. The second-order valence-corrected chi connectivity index (χ2v) is 9.03. The number of allylic oxidation sites excluding steroid dienone is 1. The molecule has 0 saturated heterocycles. The standard InChI is InChI=1S/C27H20ClO5P/c28-23-15-11-21(12-16-23)26(19-20-7-3-1-4-8-20)27(29)22-13-17-25(18-14-22)33-34(30,31)32-24-9-5-2-6-10-24/h1-19H,(H,30,31). The highest BCUT2D eigenvalue weighted by atomic mass is 35.5. The Morgan fingerprint density at radius 2 is 1.21 bits per heavy atom. The molecule has 0 heterocycles. The highest BCUT2D eigenvalue weighted by molar-refractivity contribution is 7.48. The Morgan fingerprint density at radius 3 is 1.79 bits per heavy atom. The van der Waals surface area contributed by atoms with Gasteiger partial charge in [-0.3, -0.25) is 9.69 Å². The predicted molar refractivity (Wildman–Crippen MR) is 134 cm³/mol. The van der Waals surface area contributed by atoms with E-state index in [-0.39, 0.29) is 17.3 Å². The Morgan fingerprint density at radius 1 is 0.706 bits per heavy atom. The molecule has 7 heteroatoms. The van der Waals surface area contributed by atoms with E-state index in [1.54, 1.807) is 54.6 Å². The molecule has 1 unspecified atom stereocenters. The van der Waals surface area contributed by atoms with Crippen molar-refractivity contribution in [3.05, 3.63) is 131 Å². The Kier molecular flexibility index (Phi) is 7.29. The van der Waals surface area contributed by atoms with Crippen molar-refractivity contribution in [2.45, 2.75) is 0 Å². The molecular formula is C27H20ClO5P. The molecule has 0 saturated carbocycles. The first-order valence-corrected chi connectivity index (χ1v) is 12.2. The van der Waals surface area contributed by atoms with Crippen LogP contribution in [0.15, 0.2) is 109 Å². The SMILES string of the molecule is O=C(C(=Cc1ccccc1)c1ccc(Cl)cc1)c1ccc(OP(=O)(O)Oc2ccccc2)cc1. The van der Waals surface area contributed by atoms with Gasteiger partial charge in [0.25, 0.3) is 0 Å². The molecule has 4 rings (SSSR count). The van der Waals surface area contributed by atoms with Crippen LogP contribution >= 0.6 is 19.4 Å². The van der Waals surface area contributed by atoms with Crippen molar-refractivity contribution in [3.8, 4) is 11.5 Å². The van der Waals surface area contributed by atoms with E-state index in [4.69, 9.17) is 20.6 Å². The summed E-state index contributed by atoms with van der Waals surface area (Å²) in [7, 11) is -4.40. The summed E-state index contributed by atoms with van der Waals surface area (Å²) < 4.78 is 22.5. The van der Waals surface area contributed by atoms with Crippen LogP contribution in [0.25, 0.3) is 11.6 Å². The fourth-order valence-corrected chi connectivity index (χ4v) is 4.15. The molecule has 0 aromatic heterocycles. The lowest BCUT2D eigenvalue weighted by molar-refractivity contribution is 0.105. The molecular weight excluding hydrogens is 471 g/mol. The lowest BCUT2D eigenvalue weighted by Gasteiger charge is -2.14. The zero-order valence-electron chi connectivity index (χ0n) is 17.9. The van der Waals surface area contributed by atoms with Crippen LogP contribution in [0.1, 0.15) is 21.5 Å². The lowest BCUT2D eigenvalue weighted by atomic mass is 9.95. The molecule has 1 N–H and O–H groups in total. The number of para-hydroxylation sites is 1. The van der Waals surface area contributed by atoms with Gasteiger partial charge in [-0.1, -0.05) is 72.3 Å². The third kappa shape index (κ3) is 6.24. The zero-order valence-corrected chi connectivity index (χ0v) is 19.5. The number of hydrogen-bond donors (Lipinski definition) is 1. The van der Waals surface area contributed by atoms with Gasteiger partial charge in [-0.15, -0.1) is 0 Å².